The number of carbonyl (C=O) groups is 1. The highest BCUT2D eigenvalue weighted by atomic mass is 16.3. The van der Waals surface area contributed by atoms with Crippen LogP contribution in [0.1, 0.15) is 27.2 Å². The van der Waals surface area contributed by atoms with Crippen LogP contribution in [-0.2, 0) is 5.72 Å². The van der Waals surface area contributed by atoms with Crippen LogP contribution in [0.3, 0.4) is 0 Å². The highest BCUT2D eigenvalue weighted by Crippen LogP contribution is 2.44. The van der Waals surface area contributed by atoms with Crippen LogP contribution >= 0.6 is 0 Å². The number of anilines is 1. The molecule has 4 heteroatoms. The van der Waals surface area contributed by atoms with Gasteiger partial charge in [-0.2, -0.15) is 0 Å². The maximum Gasteiger partial charge on any atom is 0.262 e. The Labute approximate surface area is 140 Å². The van der Waals surface area contributed by atoms with Crippen LogP contribution in [0, 0.1) is 6.92 Å². The molecule has 0 saturated heterocycles. The Kier molecular flexibility index (Phi) is 3.22. The summed E-state index contributed by atoms with van der Waals surface area (Å²) in [4.78, 5) is 18.9. The zero-order chi connectivity index (χ0) is 16.7. The quantitative estimate of drug-likeness (QED) is 0.789. The number of hydrogen-bond donors (Lipinski definition) is 1. The van der Waals surface area contributed by atoms with E-state index >= 15 is 0 Å². The zero-order valence-electron chi connectivity index (χ0n) is 13.2. The van der Waals surface area contributed by atoms with Crippen molar-refractivity contribution in [2.75, 3.05) is 4.90 Å². The zero-order valence-corrected chi connectivity index (χ0v) is 13.2. The lowest BCUT2D eigenvalue weighted by Gasteiger charge is -2.34. The molecule has 0 saturated carbocycles. The monoisotopic (exact) mass is 316 g/mol. The van der Waals surface area contributed by atoms with E-state index in [4.69, 9.17) is 0 Å². The van der Waals surface area contributed by atoms with Gasteiger partial charge in [0.2, 0.25) is 0 Å². The Bertz CT molecular complexity index is 924. The molecular weight excluding hydrogens is 300 g/mol. The van der Waals surface area contributed by atoms with E-state index in [0.717, 1.165) is 5.69 Å². The molecule has 24 heavy (non-hydrogen) atoms. The summed E-state index contributed by atoms with van der Waals surface area (Å²) in [6.45, 7) is 1.86. The van der Waals surface area contributed by atoms with Crippen LogP contribution in [0.25, 0.3) is 0 Å². The Morgan fingerprint density at radius 1 is 0.917 bits per heavy atom. The lowest BCUT2D eigenvalue weighted by atomic mass is 9.94. The molecule has 1 aliphatic rings. The van der Waals surface area contributed by atoms with Crippen molar-refractivity contribution in [2.24, 2.45) is 0 Å². The molecule has 2 heterocycles. The number of pyridine rings is 1. The van der Waals surface area contributed by atoms with Gasteiger partial charge in [0.25, 0.3) is 5.91 Å². The number of carbonyl (C=O) groups excluding carboxylic acids is 1. The predicted molar refractivity (Wildman–Crippen MR) is 91.7 cm³/mol. The van der Waals surface area contributed by atoms with Crippen LogP contribution in [-0.4, -0.2) is 16.0 Å². The molecule has 4 rings (SSSR count). The third-order valence-corrected chi connectivity index (χ3v) is 4.34. The number of hydrogen-bond acceptors (Lipinski definition) is 3. The SMILES string of the molecule is Cc1cccc(N2C(=O)c3ccccc3C2(O)c2ccccc2)n1. The molecule has 0 fully saturated rings. The van der Waals surface area contributed by atoms with Crippen LogP contribution < -0.4 is 4.90 Å². The Balaban J connectivity index is 2.00. The van der Waals surface area contributed by atoms with Gasteiger partial charge in [-0.15, -0.1) is 0 Å². The summed E-state index contributed by atoms with van der Waals surface area (Å²) in [6.07, 6.45) is 0. The van der Waals surface area contributed by atoms with Crippen LogP contribution in [0.2, 0.25) is 0 Å². The molecule has 0 spiro atoms. The minimum atomic E-state index is -1.57. The fourth-order valence-corrected chi connectivity index (χ4v) is 3.24. The molecule has 1 N–H and O–H groups in total. The molecule has 0 radical (unpaired) electrons. The summed E-state index contributed by atoms with van der Waals surface area (Å²) in [5, 5.41) is 11.7. The van der Waals surface area contributed by atoms with Crippen molar-refractivity contribution in [3.63, 3.8) is 0 Å². The average molecular weight is 316 g/mol. The van der Waals surface area contributed by atoms with Gasteiger partial charge in [0.15, 0.2) is 5.72 Å². The highest BCUT2D eigenvalue weighted by Gasteiger charge is 2.51. The van der Waals surface area contributed by atoms with Crippen LogP contribution in [0.4, 0.5) is 5.82 Å². The summed E-state index contributed by atoms with van der Waals surface area (Å²) in [5.74, 6) is 0.178. The third kappa shape index (κ3) is 1.97. The molecule has 118 valence electrons. The molecule has 1 unspecified atom stereocenters. The molecule has 2 aromatic carbocycles. The first-order chi connectivity index (χ1) is 11.6. The van der Waals surface area contributed by atoms with Crippen molar-refractivity contribution in [2.45, 2.75) is 12.6 Å². The second-order valence-corrected chi connectivity index (χ2v) is 5.86. The van der Waals surface area contributed by atoms with Crippen molar-refractivity contribution in [1.82, 2.24) is 4.98 Å². The van der Waals surface area contributed by atoms with E-state index in [-0.39, 0.29) is 5.91 Å². The highest BCUT2D eigenvalue weighted by molar-refractivity contribution is 6.11. The van der Waals surface area contributed by atoms with E-state index in [1.54, 1.807) is 24.3 Å². The average Bonchev–Trinajstić information content (AvgIpc) is 2.85. The fourth-order valence-electron chi connectivity index (χ4n) is 3.24. The standard InChI is InChI=1S/C20H16N2O2/c1-14-8-7-13-18(21-14)22-19(23)16-11-5-6-12-17(16)20(22,24)15-9-3-2-4-10-15/h2-13,24H,1H3. The van der Waals surface area contributed by atoms with Gasteiger partial charge < -0.3 is 5.11 Å². The maximum atomic E-state index is 13.0. The smallest absolute Gasteiger partial charge is 0.262 e. The molecule has 1 aromatic heterocycles. The number of amides is 1. The molecule has 4 nitrogen and oxygen atoms in total. The van der Waals surface area contributed by atoms with Crippen molar-refractivity contribution in [3.05, 3.63) is 95.2 Å². The first-order valence-electron chi connectivity index (χ1n) is 7.78. The van der Waals surface area contributed by atoms with E-state index in [9.17, 15) is 9.90 Å². The topological polar surface area (TPSA) is 53.4 Å². The number of benzene rings is 2. The van der Waals surface area contributed by atoms with Gasteiger partial charge in [-0.25, -0.2) is 4.98 Å². The third-order valence-electron chi connectivity index (χ3n) is 4.34. The van der Waals surface area contributed by atoms with Gasteiger partial charge in [0.1, 0.15) is 5.82 Å². The molecule has 0 aliphatic carbocycles. The second-order valence-electron chi connectivity index (χ2n) is 5.86. The second kappa shape index (κ2) is 5.28. The minimum Gasteiger partial charge on any atom is -0.363 e. The predicted octanol–water partition coefficient (Wildman–Crippen LogP) is 3.24. The van der Waals surface area contributed by atoms with Gasteiger partial charge in [-0.05, 0) is 25.1 Å². The van der Waals surface area contributed by atoms with E-state index in [1.165, 1.54) is 4.90 Å². The Morgan fingerprint density at radius 3 is 2.38 bits per heavy atom. The summed E-state index contributed by atoms with van der Waals surface area (Å²) in [7, 11) is 0. The van der Waals surface area contributed by atoms with Crippen molar-refractivity contribution in [1.29, 1.82) is 0 Å². The fraction of sp³-hybridized carbons (Fsp3) is 0.100. The van der Waals surface area contributed by atoms with E-state index in [1.807, 2.05) is 55.5 Å². The van der Waals surface area contributed by atoms with Crippen molar-refractivity contribution in [3.8, 4) is 0 Å². The Hall–Kier alpha value is -2.98. The summed E-state index contributed by atoms with van der Waals surface area (Å²) in [5.41, 5.74) is 0.908. The number of aryl methyl sites for hydroxylation is 1. The molecule has 3 aromatic rings. The molecule has 1 amide bonds. The number of rotatable bonds is 2. The number of nitrogens with zero attached hydrogens (tertiary/aromatic N) is 2. The maximum absolute atomic E-state index is 13.0. The first-order valence-corrected chi connectivity index (χ1v) is 7.78. The van der Waals surface area contributed by atoms with Crippen LogP contribution in [0.15, 0.2) is 72.8 Å². The molecule has 0 bridgehead atoms. The largest absolute Gasteiger partial charge is 0.363 e. The van der Waals surface area contributed by atoms with Crippen LogP contribution in [0.5, 0.6) is 0 Å². The van der Waals surface area contributed by atoms with E-state index in [0.29, 0.717) is 22.5 Å². The molecular formula is C20H16N2O2. The number of aliphatic hydroxyl groups is 1. The number of fused-ring (bicyclic) bond motifs is 1. The normalized spacial score (nSPS) is 19.4. The molecule has 1 aliphatic heterocycles. The van der Waals surface area contributed by atoms with Crippen molar-refractivity contribution < 1.29 is 9.90 Å². The summed E-state index contributed by atoms with van der Waals surface area (Å²) >= 11 is 0. The van der Waals surface area contributed by atoms with E-state index in [2.05, 4.69) is 4.98 Å². The van der Waals surface area contributed by atoms with Gasteiger partial charge in [-0.1, -0.05) is 54.6 Å². The minimum absolute atomic E-state index is 0.255. The number of aromatic nitrogens is 1. The van der Waals surface area contributed by atoms with Crippen molar-refractivity contribution >= 4 is 11.7 Å². The van der Waals surface area contributed by atoms with Gasteiger partial charge in [0, 0.05) is 22.4 Å². The van der Waals surface area contributed by atoms with Gasteiger partial charge in [-0.3, -0.25) is 9.69 Å². The first kappa shape index (κ1) is 14.6. The van der Waals surface area contributed by atoms with Gasteiger partial charge in [0.05, 0.1) is 0 Å². The lowest BCUT2D eigenvalue weighted by Crippen LogP contribution is -2.45. The summed E-state index contributed by atoms with van der Waals surface area (Å²) < 4.78 is 0. The molecule has 1 atom stereocenters. The van der Waals surface area contributed by atoms with Gasteiger partial charge >= 0.3 is 0 Å². The summed E-state index contributed by atoms with van der Waals surface area (Å²) in [6, 6.07) is 21.8. The lowest BCUT2D eigenvalue weighted by molar-refractivity contribution is 0.0698. The Morgan fingerprint density at radius 2 is 1.62 bits per heavy atom. The van der Waals surface area contributed by atoms with E-state index < -0.39 is 5.72 Å².